The van der Waals surface area contributed by atoms with Crippen LogP contribution in [0.25, 0.3) is 33.7 Å². The van der Waals surface area contributed by atoms with Crippen molar-refractivity contribution in [2.45, 2.75) is 38.2 Å². The van der Waals surface area contributed by atoms with E-state index in [1.54, 1.807) is 0 Å². The van der Waals surface area contributed by atoms with Gasteiger partial charge in [-0.2, -0.15) is 0 Å². The Labute approximate surface area is 305 Å². The number of hydrogen-bond donors (Lipinski definition) is 0. The Balaban J connectivity index is 0.959. The summed E-state index contributed by atoms with van der Waals surface area (Å²) in [6.45, 7) is 0. The smallest absolute Gasteiger partial charge is 0.160 e. The minimum absolute atomic E-state index is 0.100. The first-order chi connectivity index (χ1) is 25.7. The van der Waals surface area contributed by atoms with Gasteiger partial charge in [-0.3, -0.25) is 0 Å². The van der Waals surface area contributed by atoms with Gasteiger partial charge in [0, 0.05) is 23.1 Å². The van der Waals surface area contributed by atoms with Crippen LogP contribution >= 0.6 is 0 Å². The highest BCUT2D eigenvalue weighted by molar-refractivity contribution is 6.14. The fourth-order valence-corrected chi connectivity index (χ4v) is 7.36. The third-order valence-corrected chi connectivity index (χ3v) is 10.3. The van der Waals surface area contributed by atoms with Crippen LogP contribution in [0.1, 0.15) is 54.5 Å². The average Bonchev–Trinajstić information content (AvgIpc) is 3.97. The zero-order valence-electron chi connectivity index (χ0n) is 29.0. The summed E-state index contributed by atoms with van der Waals surface area (Å²) in [5.41, 5.74) is 13.7. The maximum absolute atomic E-state index is 6.57. The van der Waals surface area contributed by atoms with E-state index in [4.69, 9.17) is 19.7 Å². The molecular formula is C48H39N3O. The fourth-order valence-electron chi connectivity index (χ4n) is 7.36. The van der Waals surface area contributed by atoms with Gasteiger partial charge in [-0.25, -0.2) is 15.0 Å². The molecule has 4 nitrogen and oxygen atoms in total. The van der Waals surface area contributed by atoms with Crippen molar-refractivity contribution in [1.82, 2.24) is 4.98 Å². The summed E-state index contributed by atoms with van der Waals surface area (Å²) in [6, 6.07) is 54.9. The van der Waals surface area contributed by atoms with Gasteiger partial charge in [0.1, 0.15) is 11.9 Å². The molecular weight excluding hydrogens is 635 g/mol. The minimum atomic E-state index is 0.100. The number of pyridine rings is 1. The number of benzene rings is 5. The van der Waals surface area contributed by atoms with Crippen LogP contribution < -0.4 is 4.74 Å². The summed E-state index contributed by atoms with van der Waals surface area (Å²) < 4.78 is 6.57. The second kappa shape index (κ2) is 14.2. The molecule has 2 atom stereocenters. The van der Waals surface area contributed by atoms with Gasteiger partial charge in [0.25, 0.3) is 0 Å². The molecule has 0 amide bonds. The lowest BCUT2D eigenvalue weighted by atomic mass is 9.92. The van der Waals surface area contributed by atoms with E-state index < -0.39 is 0 Å². The Hall–Kier alpha value is -6.13. The van der Waals surface area contributed by atoms with Crippen molar-refractivity contribution in [3.05, 3.63) is 192 Å². The molecule has 2 aliphatic carbocycles. The lowest BCUT2D eigenvalue weighted by Crippen LogP contribution is -2.19. The van der Waals surface area contributed by atoms with Crippen molar-refractivity contribution < 1.29 is 4.74 Å². The summed E-state index contributed by atoms with van der Waals surface area (Å²) in [7, 11) is 0. The number of fused-ring (bicyclic) bond motifs is 1. The number of allylic oxidation sites excluding steroid dienone is 2. The molecule has 2 heterocycles. The molecule has 52 heavy (non-hydrogen) atoms. The Morgan fingerprint density at radius 3 is 1.79 bits per heavy atom. The zero-order chi connectivity index (χ0) is 34.7. The first-order valence-corrected chi connectivity index (χ1v) is 18.3. The number of ether oxygens (including phenoxy) is 1. The van der Waals surface area contributed by atoms with E-state index in [9.17, 15) is 0 Å². The predicted molar refractivity (Wildman–Crippen MR) is 213 cm³/mol. The van der Waals surface area contributed by atoms with Gasteiger partial charge in [0.15, 0.2) is 5.84 Å². The van der Waals surface area contributed by atoms with Crippen molar-refractivity contribution in [2.75, 3.05) is 0 Å². The molecule has 1 fully saturated rings. The molecule has 4 heteroatoms. The number of hydrogen-bond acceptors (Lipinski definition) is 4. The molecule has 3 aliphatic rings. The van der Waals surface area contributed by atoms with Crippen molar-refractivity contribution in [3.8, 4) is 28.1 Å². The van der Waals surface area contributed by atoms with Gasteiger partial charge >= 0.3 is 0 Å². The second-order valence-corrected chi connectivity index (χ2v) is 13.8. The van der Waals surface area contributed by atoms with Gasteiger partial charge in [-0.15, -0.1) is 0 Å². The van der Waals surface area contributed by atoms with Crippen LogP contribution in [0.15, 0.2) is 179 Å². The van der Waals surface area contributed by atoms with Crippen LogP contribution in [0, 0.1) is 5.92 Å². The fraction of sp³-hybridized carbons (Fsp3) is 0.146. The Kier molecular flexibility index (Phi) is 8.72. The standard InChI is InChI=1S/C48H39N3O/c1-5-13-33(14-6-1)39-30-44(34-15-7-2-8-16-34)49-45(31-39)36-21-25-41(26-22-36)52-42-27-23-38(24-28-42)48-50-46(35-17-9-3-10-18-35)32-40-29-43(40)47(51-48)37-19-11-4-12-20-37/h1-21,23-24,27-28,30-31,40-41H,22,25-26,29,32H2/b47-43-,50-46+,51-48-. The Morgan fingerprint density at radius 2 is 1.13 bits per heavy atom. The van der Waals surface area contributed by atoms with Gasteiger partial charge in [0.2, 0.25) is 0 Å². The topological polar surface area (TPSA) is 46.8 Å². The highest BCUT2D eigenvalue weighted by atomic mass is 16.5. The predicted octanol–water partition coefficient (Wildman–Crippen LogP) is 11.5. The number of nitrogens with zero attached hydrogens (tertiary/aromatic N) is 3. The molecule has 1 saturated carbocycles. The monoisotopic (exact) mass is 673 g/mol. The normalized spacial score (nSPS) is 21.7. The molecule has 0 spiro atoms. The molecule has 2 unspecified atom stereocenters. The maximum atomic E-state index is 6.57. The molecule has 0 radical (unpaired) electrons. The number of rotatable bonds is 8. The van der Waals surface area contributed by atoms with E-state index in [1.807, 2.05) is 6.07 Å². The molecule has 252 valence electrons. The van der Waals surface area contributed by atoms with Crippen molar-refractivity contribution >= 4 is 22.8 Å². The molecule has 0 N–H and O–H groups in total. The highest BCUT2D eigenvalue weighted by Gasteiger charge is 2.36. The van der Waals surface area contributed by atoms with Crippen LogP contribution in [-0.4, -0.2) is 22.6 Å². The van der Waals surface area contributed by atoms with Crippen molar-refractivity contribution in [3.63, 3.8) is 0 Å². The number of amidine groups is 1. The maximum Gasteiger partial charge on any atom is 0.160 e. The molecule has 6 aromatic rings. The van der Waals surface area contributed by atoms with Crippen molar-refractivity contribution in [2.24, 2.45) is 15.9 Å². The van der Waals surface area contributed by atoms with E-state index in [0.29, 0.717) is 5.92 Å². The molecule has 0 saturated heterocycles. The van der Waals surface area contributed by atoms with Gasteiger partial charge < -0.3 is 4.74 Å². The molecule has 9 rings (SSSR count). The van der Waals surface area contributed by atoms with Gasteiger partial charge in [-0.05, 0) is 95.8 Å². The minimum Gasteiger partial charge on any atom is -0.490 e. The third-order valence-electron chi connectivity index (χ3n) is 10.3. The summed E-state index contributed by atoms with van der Waals surface area (Å²) in [6.07, 6.45) is 7.09. The molecule has 1 aliphatic heterocycles. The SMILES string of the molecule is C1=C(c2cc(-c3ccccc3)cc(-c3ccccc3)n2)CCC(Oc2ccc(C3=N/C(c4ccccc4)=C4/CC4C/C(c4ccccc4)=N\3)cc2)C1. The molecule has 1 aromatic heterocycles. The summed E-state index contributed by atoms with van der Waals surface area (Å²) in [5.74, 6) is 2.10. The summed E-state index contributed by atoms with van der Waals surface area (Å²) in [5, 5.41) is 0. The summed E-state index contributed by atoms with van der Waals surface area (Å²) in [4.78, 5) is 15.7. The van der Waals surface area contributed by atoms with Gasteiger partial charge in [-0.1, -0.05) is 127 Å². The molecule has 0 bridgehead atoms. The largest absolute Gasteiger partial charge is 0.490 e. The third kappa shape index (κ3) is 6.93. The van der Waals surface area contributed by atoms with E-state index in [0.717, 1.165) is 88.7 Å². The second-order valence-electron chi connectivity index (χ2n) is 13.8. The van der Waals surface area contributed by atoms with Crippen LogP contribution in [0.5, 0.6) is 5.75 Å². The number of aromatic nitrogens is 1. The number of aliphatic imine (C=N–C) groups is 2. The lowest BCUT2D eigenvalue weighted by Gasteiger charge is -2.24. The van der Waals surface area contributed by atoms with E-state index in [1.165, 1.54) is 22.3 Å². The zero-order valence-corrected chi connectivity index (χ0v) is 29.0. The molecule has 5 aromatic carbocycles. The first kappa shape index (κ1) is 31.8. The Morgan fingerprint density at radius 1 is 0.519 bits per heavy atom. The Bertz CT molecular complexity index is 2270. The van der Waals surface area contributed by atoms with Crippen molar-refractivity contribution in [1.29, 1.82) is 0 Å². The van der Waals surface area contributed by atoms with Crippen LogP contribution in [0.3, 0.4) is 0 Å². The van der Waals surface area contributed by atoms with E-state index >= 15 is 0 Å². The highest BCUT2D eigenvalue weighted by Crippen LogP contribution is 2.48. The average molecular weight is 674 g/mol. The van der Waals surface area contributed by atoms with E-state index in [2.05, 4.69) is 158 Å². The lowest BCUT2D eigenvalue weighted by molar-refractivity contribution is 0.192. The van der Waals surface area contributed by atoms with Crippen LogP contribution in [-0.2, 0) is 0 Å². The van der Waals surface area contributed by atoms with E-state index in [-0.39, 0.29) is 6.10 Å². The van der Waals surface area contributed by atoms with Gasteiger partial charge in [0.05, 0.1) is 22.8 Å². The first-order valence-electron chi connectivity index (χ1n) is 18.3. The van der Waals surface area contributed by atoms with Crippen LogP contribution in [0.2, 0.25) is 0 Å². The quantitative estimate of drug-likeness (QED) is 0.161. The van der Waals surface area contributed by atoms with Crippen LogP contribution in [0.4, 0.5) is 0 Å². The summed E-state index contributed by atoms with van der Waals surface area (Å²) >= 11 is 0.